The summed E-state index contributed by atoms with van der Waals surface area (Å²) in [5.74, 6) is -0.234. The Hall–Kier alpha value is -2.17. The minimum Gasteiger partial charge on any atom is -0.461 e. The Balaban J connectivity index is 2.18. The van der Waals surface area contributed by atoms with Crippen LogP contribution >= 0.6 is 0 Å². The first-order valence-electron chi connectivity index (χ1n) is 7.28. The molecular weight excluding hydrogens is 266 g/mol. The molecule has 0 aliphatic carbocycles. The molecule has 0 aliphatic rings. The molecule has 0 saturated heterocycles. The number of carbonyl (C=O) groups excluding carboxylic acids is 1. The second kappa shape index (κ2) is 7.02. The number of nitrogens with zero attached hydrogens (tertiary/aromatic N) is 3. The third-order valence-electron chi connectivity index (χ3n) is 3.24. The third kappa shape index (κ3) is 3.68. The first kappa shape index (κ1) is 15.2. The van der Waals surface area contributed by atoms with Crippen molar-refractivity contribution in [3.8, 4) is 0 Å². The Morgan fingerprint density at radius 1 is 1.29 bits per heavy atom. The molecule has 1 heterocycles. The molecule has 5 nitrogen and oxygen atoms in total. The van der Waals surface area contributed by atoms with Gasteiger partial charge in [0.1, 0.15) is 0 Å². The van der Waals surface area contributed by atoms with E-state index in [2.05, 4.69) is 22.4 Å². The lowest BCUT2D eigenvalue weighted by molar-refractivity contribution is 0.0517. The SMILES string of the molecule is CCOC(=O)c1nnn(CCc2ccccc2)c1C(C)C. The zero-order chi connectivity index (χ0) is 15.2. The number of rotatable bonds is 6. The summed E-state index contributed by atoms with van der Waals surface area (Å²) in [7, 11) is 0. The van der Waals surface area contributed by atoms with E-state index in [1.54, 1.807) is 6.92 Å². The van der Waals surface area contributed by atoms with Crippen LogP contribution in [0.5, 0.6) is 0 Å². The molecular formula is C16H21N3O2. The Kier molecular flexibility index (Phi) is 5.09. The van der Waals surface area contributed by atoms with Gasteiger partial charge >= 0.3 is 5.97 Å². The average Bonchev–Trinajstić information content (AvgIpc) is 2.90. The summed E-state index contributed by atoms with van der Waals surface area (Å²) in [5, 5.41) is 8.13. The fraction of sp³-hybridized carbons (Fsp3) is 0.438. The fourth-order valence-electron chi connectivity index (χ4n) is 2.28. The van der Waals surface area contributed by atoms with Crippen LogP contribution in [0, 0.1) is 0 Å². The molecule has 0 atom stereocenters. The number of benzene rings is 1. The maximum atomic E-state index is 11.9. The van der Waals surface area contributed by atoms with E-state index in [1.807, 2.05) is 36.7 Å². The van der Waals surface area contributed by atoms with Gasteiger partial charge in [-0.2, -0.15) is 0 Å². The lowest BCUT2D eigenvalue weighted by Crippen LogP contribution is -2.13. The summed E-state index contributed by atoms with van der Waals surface area (Å²) in [6.07, 6.45) is 0.853. The molecule has 0 fully saturated rings. The highest BCUT2D eigenvalue weighted by atomic mass is 16.5. The number of hydrogen-bond donors (Lipinski definition) is 0. The highest BCUT2D eigenvalue weighted by molar-refractivity contribution is 5.88. The molecule has 112 valence electrons. The lowest BCUT2D eigenvalue weighted by Gasteiger charge is -2.10. The second-order valence-corrected chi connectivity index (χ2v) is 5.16. The van der Waals surface area contributed by atoms with Crippen LogP contribution in [0.4, 0.5) is 0 Å². The van der Waals surface area contributed by atoms with Crippen molar-refractivity contribution in [3.05, 3.63) is 47.3 Å². The van der Waals surface area contributed by atoms with E-state index in [1.165, 1.54) is 5.56 Å². The van der Waals surface area contributed by atoms with Crippen molar-refractivity contribution in [2.75, 3.05) is 6.61 Å². The number of esters is 1. The summed E-state index contributed by atoms with van der Waals surface area (Å²) >= 11 is 0. The number of aryl methyl sites for hydroxylation is 2. The standard InChI is InChI=1S/C16H21N3O2/c1-4-21-16(20)14-15(12(2)3)19(18-17-14)11-10-13-8-6-5-7-9-13/h5-9,12H,4,10-11H2,1-3H3. The van der Waals surface area contributed by atoms with Crippen molar-refractivity contribution in [1.29, 1.82) is 0 Å². The molecule has 0 unspecified atom stereocenters. The van der Waals surface area contributed by atoms with Crippen molar-refractivity contribution < 1.29 is 9.53 Å². The van der Waals surface area contributed by atoms with Gasteiger partial charge in [0.2, 0.25) is 0 Å². The van der Waals surface area contributed by atoms with Gasteiger partial charge in [-0.25, -0.2) is 9.48 Å². The molecule has 1 aromatic carbocycles. The zero-order valence-electron chi connectivity index (χ0n) is 12.7. The normalized spacial score (nSPS) is 10.9. The minimum atomic E-state index is -0.396. The van der Waals surface area contributed by atoms with E-state index in [4.69, 9.17) is 4.74 Å². The molecule has 0 aliphatic heterocycles. The number of carbonyl (C=O) groups is 1. The van der Waals surface area contributed by atoms with Crippen LogP contribution in [0.1, 0.15) is 48.4 Å². The summed E-state index contributed by atoms with van der Waals surface area (Å²) in [6.45, 7) is 6.88. The fourth-order valence-corrected chi connectivity index (χ4v) is 2.28. The molecule has 2 aromatic rings. The van der Waals surface area contributed by atoms with Crippen LogP contribution in [0.15, 0.2) is 30.3 Å². The third-order valence-corrected chi connectivity index (χ3v) is 3.24. The molecule has 1 aromatic heterocycles. The minimum absolute atomic E-state index is 0.162. The predicted molar refractivity (Wildman–Crippen MR) is 80.2 cm³/mol. The highest BCUT2D eigenvalue weighted by Crippen LogP contribution is 2.19. The Morgan fingerprint density at radius 3 is 2.62 bits per heavy atom. The Labute approximate surface area is 124 Å². The summed E-state index contributed by atoms with van der Waals surface area (Å²) in [4.78, 5) is 11.9. The molecule has 2 rings (SSSR count). The van der Waals surface area contributed by atoms with Gasteiger partial charge in [0.15, 0.2) is 5.69 Å². The highest BCUT2D eigenvalue weighted by Gasteiger charge is 2.22. The molecule has 0 N–H and O–H groups in total. The molecule has 0 saturated carbocycles. The van der Waals surface area contributed by atoms with Crippen LogP contribution in [0.2, 0.25) is 0 Å². The van der Waals surface area contributed by atoms with Crippen molar-refractivity contribution >= 4 is 5.97 Å². The van der Waals surface area contributed by atoms with Crippen LogP contribution in [0.3, 0.4) is 0 Å². The molecule has 0 spiro atoms. The number of hydrogen-bond acceptors (Lipinski definition) is 4. The van der Waals surface area contributed by atoms with E-state index in [0.717, 1.165) is 12.1 Å². The maximum absolute atomic E-state index is 11.9. The van der Waals surface area contributed by atoms with E-state index in [-0.39, 0.29) is 5.92 Å². The van der Waals surface area contributed by atoms with Crippen LogP contribution in [-0.4, -0.2) is 27.6 Å². The quantitative estimate of drug-likeness (QED) is 0.767. The van der Waals surface area contributed by atoms with Gasteiger partial charge < -0.3 is 4.74 Å². The first-order valence-corrected chi connectivity index (χ1v) is 7.28. The van der Waals surface area contributed by atoms with Crippen LogP contribution < -0.4 is 0 Å². The first-order chi connectivity index (χ1) is 10.1. The van der Waals surface area contributed by atoms with E-state index >= 15 is 0 Å². The Morgan fingerprint density at radius 2 is 2.00 bits per heavy atom. The summed E-state index contributed by atoms with van der Waals surface area (Å²) < 4.78 is 6.85. The van der Waals surface area contributed by atoms with E-state index < -0.39 is 5.97 Å². The van der Waals surface area contributed by atoms with E-state index in [9.17, 15) is 4.79 Å². The summed E-state index contributed by atoms with van der Waals surface area (Å²) in [5.41, 5.74) is 2.41. The second-order valence-electron chi connectivity index (χ2n) is 5.16. The molecule has 0 radical (unpaired) electrons. The van der Waals surface area contributed by atoms with Gasteiger partial charge in [0, 0.05) is 6.54 Å². The van der Waals surface area contributed by atoms with E-state index in [0.29, 0.717) is 18.8 Å². The topological polar surface area (TPSA) is 57.0 Å². The maximum Gasteiger partial charge on any atom is 0.360 e. The van der Waals surface area contributed by atoms with Gasteiger partial charge in [-0.3, -0.25) is 0 Å². The lowest BCUT2D eigenvalue weighted by atomic mass is 10.1. The van der Waals surface area contributed by atoms with Crippen LogP contribution in [0.25, 0.3) is 0 Å². The predicted octanol–water partition coefficient (Wildman–Crippen LogP) is 2.82. The average molecular weight is 287 g/mol. The van der Waals surface area contributed by atoms with Gasteiger partial charge in [0.05, 0.1) is 12.3 Å². The molecule has 0 bridgehead atoms. The molecule has 21 heavy (non-hydrogen) atoms. The molecule has 5 heteroatoms. The smallest absolute Gasteiger partial charge is 0.360 e. The number of ether oxygens (including phenoxy) is 1. The number of aromatic nitrogens is 3. The Bertz CT molecular complexity index is 591. The van der Waals surface area contributed by atoms with Gasteiger partial charge in [-0.15, -0.1) is 5.10 Å². The van der Waals surface area contributed by atoms with Crippen LogP contribution in [-0.2, 0) is 17.7 Å². The van der Waals surface area contributed by atoms with Crippen molar-refractivity contribution in [2.24, 2.45) is 0 Å². The zero-order valence-corrected chi connectivity index (χ0v) is 12.7. The van der Waals surface area contributed by atoms with Gasteiger partial charge in [-0.05, 0) is 24.8 Å². The molecule has 0 amide bonds. The van der Waals surface area contributed by atoms with Crippen molar-refractivity contribution in [3.63, 3.8) is 0 Å². The monoisotopic (exact) mass is 287 g/mol. The van der Waals surface area contributed by atoms with Gasteiger partial charge in [0.25, 0.3) is 0 Å². The van der Waals surface area contributed by atoms with Crippen molar-refractivity contribution in [1.82, 2.24) is 15.0 Å². The summed E-state index contributed by atoms with van der Waals surface area (Å²) in [6, 6.07) is 10.2. The van der Waals surface area contributed by atoms with Gasteiger partial charge in [-0.1, -0.05) is 49.4 Å². The largest absolute Gasteiger partial charge is 0.461 e. The van der Waals surface area contributed by atoms with Crippen molar-refractivity contribution in [2.45, 2.75) is 39.7 Å².